The molecule has 0 atom stereocenters. The molecule has 0 radical (unpaired) electrons. The molecule has 0 aliphatic heterocycles. The van der Waals surface area contributed by atoms with Crippen molar-refractivity contribution in [1.82, 2.24) is 28.7 Å². The Bertz CT molecular complexity index is 1620. The summed E-state index contributed by atoms with van der Waals surface area (Å²) in [4.78, 5) is 14.0. The molecule has 5 aromatic rings. The molecule has 0 saturated carbocycles. The van der Waals surface area contributed by atoms with E-state index in [-0.39, 0.29) is 4.90 Å². The molecule has 1 aromatic carbocycles. The van der Waals surface area contributed by atoms with Crippen molar-refractivity contribution in [3.05, 3.63) is 72.2 Å². The Labute approximate surface area is 201 Å². The van der Waals surface area contributed by atoms with Crippen molar-refractivity contribution in [2.24, 2.45) is 7.05 Å². The standard InChI is InChI=1S/C24H22N6O2S2/c1-15-5-7-17(8-6-15)34(31,32)30-12-10-19-18(9-11-25-23(19)30)20-13-21(28-24(27-20)33-4)22-16(2)14-26-29(22)3/h5-14H,1-4H3. The van der Waals surface area contributed by atoms with Gasteiger partial charge >= 0.3 is 0 Å². The molecule has 10 heteroatoms. The van der Waals surface area contributed by atoms with Crippen LogP contribution in [0, 0.1) is 13.8 Å². The fraction of sp³-hybridized carbons (Fsp3) is 0.167. The van der Waals surface area contributed by atoms with E-state index in [2.05, 4.69) is 15.1 Å². The number of thioether (sulfide) groups is 1. The van der Waals surface area contributed by atoms with Gasteiger partial charge in [-0.05, 0) is 56.0 Å². The quantitative estimate of drug-likeness (QED) is 0.265. The van der Waals surface area contributed by atoms with Crippen LogP contribution in [0.3, 0.4) is 0 Å². The van der Waals surface area contributed by atoms with Crippen molar-refractivity contribution in [1.29, 1.82) is 0 Å². The first-order valence-electron chi connectivity index (χ1n) is 10.5. The van der Waals surface area contributed by atoms with Crippen LogP contribution in [0.5, 0.6) is 0 Å². The van der Waals surface area contributed by atoms with E-state index in [0.717, 1.165) is 28.1 Å². The Morgan fingerprint density at radius 1 is 0.971 bits per heavy atom. The zero-order chi connectivity index (χ0) is 24.0. The summed E-state index contributed by atoms with van der Waals surface area (Å²) in [5.74, 6) is 0. The third-order valence-corrected chi connectivity index (χ3v) is 7.89. The van der Waals surface area contributed by atoms with E-state index in [1.165, 1.54) is 15.7 Å². The van der Waals surface area contributed by atoms with Crippen molar-refractivity contribution < 1.29 is 8.42 Å². The minimum absolute atomic E-state index is 0.212. The maximum atomic E-state index is 13.3. The number of hydrogen-bond donors (Lipinski definition) is 0. The van der Waals surface area contributed by atoms with Gasteiger partial charge in [-0.25, -0.2) is 27.3 Å². The topological polar surface area (TPSA) is 95.6 Å². The first-order valence-corrected chi connectivity index (χ1v) is 13.2. The van der Waals surface area contributed by atoms with E-state index in [0.29, 0.717) is 21.9 Å². The van der Waals surface area contributed by atoms with Crippen molar-refractivity contribution in [3.63, 3.8) is 0 Å². The SMILES string of the molecule is CSc1nc(-c2ccnc3c2ccn3S(=O)(=O)c2ccc(C)cc2)cc(-c2c(C)cnn2C)n1. The molecule has 0 aliphatic rings. The van der Waals surface area contributed by atoms with Gasteiger partial charge in [-0.2, -0.15) is 5.10 Å². The van der Waals surface area contributed by atoms with Gasteiger partial charge in [0.15, 0.2) is 10.8 Å². The van der Waals surface area contributed by atoms with E-state index >= 15 is 0 Å². The highest BCUT2D eigenvalue weighted by molar-refractivity contribution is 7.98. The normalized spacial score (nSPS) is 11.9. The molecule has 4 aromatic heterocycles. The highest BCUT2D eigenvalue weighted by Crippen LogP contribution is 2.32. The molecule has 0 spiro atoms. The third kappa shape index (κ3) is 3.68. The Morgan fingerprint density at radius 2 is 1.71 bits per heavy atom. The van der Waals surface area contributed by atoms with Gasteiger partial charge in [-0.15, -0.1) is 0 Å². The Balaban J connectivity index is 1.69. The minimum atomic E-state index is -3.80. The molecular formula is C24H22N6O2S2. The van der Waals surface area contributed by atoms with Crippen LogP contribution in [-0.4, -0.2) is 43.4 Å². The van der Waals surface area contributed by atoms with Gasteiger partial charge in [0.2, 0.25) is 0 Å². The molecule has 0 amide bonds. The lowest BCUT2D eigenvalue weighted by molar-refractivity contribution is 0.588. The van der Waals surface area contributed by atoms with Crippen molar-refractivity contribution >= 4 is 32.8 Å². The fourth-order valence-corrected chi connectivity index (χ4v) is 5.63. The summed E-state index contributed by atoms with van der Waals surface area (Å²) < 4.78 is 29.7. The number of benzene rings is 1. The molecule has 4 heterocycles. The number of rotatable bonds is 5. The molecule has 0 saturated heterocycles. The maximum absolute atomic E-state index is 13.3. The fourth-order valence-electron chi connectivity index (χ4n) is 3.95. The molecule has 8 nitrogen and oxygen atoms in total. The summed E-state index contributed by atoms with van der Waals surface area (Å²) in [5, 5.41) is 5.64. The number of fused-ring (bicyclic) bond motifs is 1. The van der Waals surface area contributed by atoms with Crippen molar-refractivity contribution in [2.45, 2.75) is 23.9 Å². The molecular weight excluding hydrogens is 468 g/mol. The second-order valence-electron chi connectivity index (χ2n) is 7.95. The third-order valence-electron chi connectivity index (χ3n) is 5.66. The minimum Gasteiger partial charge on any atom is -0.266 e. The molecule has 0 N–H and O–H groups in total. The molecule has 0 unspecified atom stereocenters. The van der Waals surface area contributed by atoms with Crippen LogP contribution in [0.4, 0.5) is 0 Å². The predicted molar refractivity (Wildman–Crippen MR) is 133 cm³/mol. The van der Waals surface area contributed by atoms with Gasteiger partial charge in [0, 0.05) is 30.4 Å². The summed E-state index contributed by atoms with van der Waals surface area (Å²) in [6.07, 6.45) is 6.87. The first-order chi connectivity index (χ1) is 16.3. The molecule has 0 bridgehead atoms. The highest BCUT2D eigenvalue weighted by Gasteiger charge is 2.22. The second-order valence-corrected chi connectivity index (χ2v) is 10.5. The van der Waals surface area contributed by atoms with Crippen LogP contribution < -0.4 is 0 Å². The van der Waals surface area contributed by atoms with Crippen LogP contribution in [0.2, 0.25) is 0 Å². The molecule has 0 aliphatic carbocycles. The number of aromatic nitrogens is 6. The largest absolute Gasteiger partial charge is 0.269 e. The Hall–Kier alpha value is -3.50. The predicted octanol–water partition coefficient (Wildman–Crippen LogP) is 4.47. The van der Waals surface area contributed by atoms with Crippen LogP contribution in [0.15, 0.2) is 71.1 Å². The smallest absolute Gasteiger partial charge is 0.266 e. The maximum Gasteiger partial charge on any atom is 0.269 e. The molecule has 5 rings (SSSR count). The van der Waals surface area contributed by atoms with Crippen LogP contribution in [0.25, 0.3) is 33.7 Å². The van der Waals surface area contributed by atoms with E-state index in [1.807, 2.05) is 39.3 Å². The average molecular weight is 491 g/mol. The summed E-state index contributed by atoms with van der Waals surface area (Å²) in [6, 6.07) is 12.3. The van der Waals surface area contributed by atoms with E-state index in [1.54, 1.807) is 53.6 Å². The van der Waals surface area contributed by atoms with E-state index in [9.17, 15) is 8.42 Å². The van der Waals surface area contributed by atoms with E-state index < -0.39 is 10.0 Å². The number of hydrogen-bond acceptors (Lipinski definition) is 7. The Morgan fingerprint density at radius 3 is 2.38 bits per heavy atom. The second kappa shape index (κ2) is 8.37. The lowest BCUT2D eigenvalue weighted by atomic mass is 10.1. The number of pyridine rings is 1. The van der Waals surface area contributed by atoms with E-state index in [4.69, 9.17) is 4.98 Å². The van der Waals surface area contributed by atoms with Gasteiger partial charge < -0.3 is 0 Å². The number of aryl methyl sites for hydroxylation is 3. The zero-order valence-electron chi connectivity index (χ0n) is 19.1. The van der Waals surface area contributed by atoms with Gasteiger partial charge in [-0.3, -0.25) is 4.68 Å². The van der Waals surface area contributed by atoms with Gasteiger partial charge in [-0.1, -0.05) is 29.5 Å². The molecule has 0 fully saturated rings. The van der Waals surface area contributed by atoms with Crippen LogP contribution in [0.1, 0.15) is 11.1 Å². The van der Waals surface area contributed by atoms with Gasteiger partial charge in [0.25, 0.3) is 10.0 Å². The first kappa shape index (κ1) is 22.3. The summed E-state index contributed by atoms with van der Waals surface area (Å²) in [6.45, 7) is 3.91. The van der Waals surface area contributed by atoms with Crippen molar-refractivity contribution in [2.75, 3.05) is 6.26 Å². The molecule has 172 valence electrons. The van der Waals surface area contributed by atoms with Crippen LogP contribution in [-0.2, 0) is 17.1 Å². The Kier molecular flexibility index (Phi) is 5.49. The van der Waals surface area contributed by atoms with Crippen molar-refractivity contribution in [3.8, 4) is 22.6 Å². The molecule has 34 heavy (non-hydrogen) atoms. The number of nitrogens with zero attached hydrogens (tertiary/aromatic N) is 6. The highest BCUT2D eigenvalue weighted by atomic mass is 32.2. The van der Waals surface area contributed by atoms with Crippen LogP contribution >= 0.6 is 11.8 Å². The monoisotopic (exact) mass is 490 g/mol. The van der Waals surface area contributed by atoms with Gasteiger partial charge in [0.05, 0.1) is 28.2 Å². The summed E-state index contributed by atoms with van der Waals surface area (Å²) in [5.41, 5.74) is 5.47. The van der Waals surface area contributed by atoms with Gasteiger partial charge in [0.1, 0.15) is 0 Å². The lowest BCUT2D eigenvalue weighted by Gasteiger charge is -2.10. The zero-order valence-corrected chi connectivity index (χ0v) is 20.7. The summed E-state index contributed by atoms with van der Waals surface area (Å²) >= 11 is 1.45. The summed E-state index contributed by atoms with van der Waals surface area (Å²) in [7, 11) is -1.92. The average Bonchev–Trinajstić information content (AvgIpc) is 3.42. The lowest BCUT2D eigenvalue weighted by Crippen LogP contribution is -2.12.